The molecule has 0 atom stereocenters. The molecular weight excluding hydrogens is 306 g/mol. The molecule has 2 rings (SSSR count). The average molecular weight is 316 g/mol. The van der Waals surface area contributed by atoms with Crippen molar-refractivity contribution in [1.82, 2.24) is 14.8 Å². The Hall–Kier alpha value is -1.93. The Balaban J connectivity index is 2.42. The number of aryl methyl sites for hydroxylation is 1. The molecule has 106 valence electrons. The third-order valence-corrected chi connectivity index (χ3v) is 4.59. The minimum atomic E-state index is -3.72. The molecule has 0 amide bonds. The number of halogens is 1. The van der Waals surface area contributed by atoms with Gasteiger partial charge in [-0.2, -0.15) is 5.10 Å². The van der Waals surface area contributed by atoms with Crippen LogP contribution in [0.4, 0.5) is 0 Å². The second-order valence-corrected chi connectivity index (χ2v) is 6.40. The van der Waals surface area contributed by atoms with Gasteiger partial charge in [0.1, 0.15) is 17.9 Å². The Labute approximate surface area is 119 Å². The number of hydrogen-bond acceptors (Lipinski definition) is 5. The summed E-state index contributed by atoms with van der Waals surface area (Å²) in [5.41, 5.74) is -0.259. The predicted molar refractivity (Wildman–Crippen MR) is 70.3 cm³/mol. The summed E-state index contributed by atoms with van der Waals surface area (Å²) < 4.78 is 25.8. The Morgan fingerprint density at radius 3 is 2.70 bits per heavy atom. The van der Waals surface area contributed by atoms with E-state index < -0.39 is 15.8 Å². The highest BCUT2D eigenvalue weighted by Gasteiger charge is 2.21. The SMILES string of the molecule is Cn1ncnc1CS(=O)(=O)c1ccc(Cl)c(C(=O)O)c1. The summed E-state index contributed by atoms with van der Waals surface area (Å²) in [6, 6.07) is 3.55. The molecule has 1 aromatic carbocycles. The molecule has 0 aliphatic heterocycles. The molecule has 0 fully saturated rings. The fourth-order valence-electron chi connectivity index (χ4n) is 1.57. The number of sulfone groups is 1. The maximum Gasteiger partial charge on any atom is 0.337 e. The second kappa shape index (κ2) is 5.22. The average Bonchev–Trinajstić information content (AvgIpc) is 2.74. The minimum absolute atomic E-state index is 0.0184. The summed E-state index contributed by atoms with van der Waals surface area (Å²) in [6.07, 6.45) is 1.25. The summed E-state index contributed by atoms with van der Waals surface area (Å²) in [5, 5.41) is 12.7. The van der Waals surface area contributed by atoms with Crippen molar-refractivity contribution in [2.45, 2.75) is 10.6 Å². The number of aromatic nitrogens is 3. The van der Waals surface area contributed by atoms with Crippen LogP contribution in [0.3, 0.4) is 0 Å². The summed E-state index contributed by atoms with van der Waals surface area (Å²) in [6.45, 7) is 0. The van der Waals surface area contributed by atoms with Gasteiger partial charge in [0, 0.05) is 7.05 Å². The maximum atomic E-state index is 12.2. The third kappa shape index (κ3) is 2.81. The van der Waals surface area contributed by atoms with Gasteiger partial charge in [0.25, 0.3) is 0 Å². The molecule has 0 unspecified atom stereocenters. The molecule has 0 aliphatic carbocycles. The van der Waals surface area contributed by atoms with Crippen LogP contribution in [0.2, 0.25) is 5.02 Å². The van der Waals surface area contributed by atoms with Crippen LogP contribution in [0.15, 0.2) is 29.4 Å². The number of benzene rings is 1. The Kier molecular flexibility index (Phi) is 3.78. The van der Waals surface area contributed by atoms with Gasteiger partial charge in [0.05, 0.1) is 15.5 Å². The van der Waals surface area contributed by atoms with Crippen molar-refractivity contribution in [3.05, 3.63) is 40.9 Å². The maximum absolute atomic E-state index is 12.2. The highest BCUT2D eigenvalue weighted by molar-refractivity contribution is 7.90. The zero-order valence-electron chi connectivity index (χ0n) is 10.3. The summed E-state index contributed by atoms with van der Waals surface area (Å²) in [5.74, 6) is -1.40. The minimum Gasteiger partial charge on any atom is -0.478 e. The van der Waals surface area contributed by atoms with E-state index in [0.717, 1.165) is 6.07 Å². The first-order valence-electron chi connectivity index (χ1n) is 5.40. The summed E-state index contributed by atoms with van der Waals surface area (Å²) >= 11 is 5.71. The van der Waals surface area contributed by atoms with Crippen LogP contribution in [0.5, 0.6) is 0 Å². The molecule has 7 nitrogen and oxygen atoms in total. The molecule has 1 N–H and O–H groups in total. The van der Waals surface area contributed by atoms with Crippen molar-refractivity contribution < 1.29 is 18.3 Å². The molecule has 0 saturated heterocycles. The molecule has 0 aliphatic rings. The molecule has 0 bridgehead atoms. The van der Waals surface area contributed by atoms with E-state index >= 15 is 0 Å². The zero-order valence-corrected chi connectivity index (χ0v) is 11.9. The Morgan fingerprint density at radius 1 is 1.45 bits per heavy atom. The predicted octanol–water partition coefficient (Wildman–Crippen LogP) is 1.14. The molecule has 2 aromatic rings. The van der Waals surface area contributed by atoms with E-state index in [1.165, 1.54) is 23.1 Å². The van der Waals surface area contributed by atoms with Crippen molar-refractivity contribution in [3.8, 4) is 0 Å². The van der Waals surface area contributed by atoms with Crippen molar-refractivity contribution >= 4 is 27.4 Å². The lowest BCUT2D eigenvalue weighted by atomic mass is 10.2. The molecule has 20 heavy (non-hydrogen) atoms. The number of carboxylic acid groups (broad SMARTS) is 1. The number of carboxylic acids is 1. The van der Waals surface area contributed by atoms with Gasteiger partial charge in [0.15, 0.2) is 9.84 Å². The number of carbonyl (C=O) groups is 1. The van der Waals surface area contributed by atoms with Gasteiger partial charge < -0.3 is 5.11 Å². The van der Waals surface area contributed by atoms with Gasteiger partial charge >= 0.3 is 5.97 Å². The first-order valence-corrected chi connectivity index (χ1v) is 7.43. The van der Waals surface area contributed by atoms with E-state index in [-0.39, 0.29) is 27.1 Å². The highest BCUT2D eigenvalue weighted by atomic mass is 35.5. The number of aromatic carboxylic acids is 1. The number of hydrogen-bond donors (Lipinski definition) is 1. The van der Waals surface area contributed by atoms with Crippen LogP contribution in [0, 0.1) is 0 Å². The molecule has 9 heteroatoms. The van der Waals surface area contributed by atoms with E-state index in [0.29, 0.717) is 0 Å². The third-order valence-electron chi connectivity index (χ3n) is 2.65. The van der Waals surface area contributed by atoms with Crippen molar-refractivity contribution in [2.75, 3.05) is 0 Å². The standard InChI is InChI=1S/C11H10ClN3O4S/c1-15-10(13-6-14-15)5-20(18,19)7-2-3-9(12)8(4-7)11(16)17/h2-4,6H,5H2,1H3,(H,16,17). The van der Waals surface area contributed by atoms with Gasteiger partial charge in [-0.1, -0.05) is 11.6 Å². The molecule has 1 heterocycles. The smallest absolute Gasteiger partial charge is 0.337 e. The van der Waals surface area contributed by atoms with Crippen LogP contribution >= 0.6 is 11.6 Å². The largest absolute Gasteiger partial charge is 0.478 e. The van der Waals surface area contributed by atoms with Crippen LogP contribution in [-0.2, 0) is 22.6 Å². The zero-order chi connectivity index (χ0) is 14.9. The number of rotatable bonds is 4. The fourth-order valence-corrected chi connectivity index (χ4v) is 3.10. The molecule has 0 radical (unpaired) electrons. The van der Waals surface area contributed by atoms with E-state index in [1.807, 2.05) is 0 Å². The first kappa shape index (κ1) is 14.5. The topological polar surface area (TPSA) is 102 Å². The molecule has 0 saturated carbocycles. The fraction of sp³-hybridized carbons (Fsp3) is 0.182. The summed E-state index contributed by atoms with van der Waals surface area (Å²) in [4.78, 5) is 14.7. The normalized spacial score (nSPS) is 11.5. The van der Waals surface area contributed by atoms with E-state index in [2.05, 4.69) is 10.1 Å². The lowest BCUT2D eigenvalue weighted by molar-refractivity contribution is 0.0697. The second-order valence-electron chi connectivity index (χ2n) is 4.01. The van der Waals surface area contributed by atoms with Gasteiger partial charge in [-0.05, 0) is 18.2 Å². The van der Waals surface area contributed by atoms with E-state index in [1.54, 1.807) is 7.05 Å². The van der Waals surface area contributed by atoms with Gasteiger partial charge in [-0.25, -0.2) is 18.2 Å². The van der Waals surface area contributed by atoms with Crippen LogP contribution < -0.4 is 0 Å². The van der Waals surface area contributed by atoms with Gasteiger partial charge in [-0.3, -0.25) is 4.68 Å². The quantitative estimate of drug-likeness (QED) is 0.907. The Morgan fingerprint density at radius 2 is 2.15 bits per heavy atom. The molecule has 1 aromatic heterocycles. The van der Waals surface area contributed by atoms with Crippen molar-refractivity contribution in [3.63, 3.8) is 0 Å². The monoisotopic (exact) mass is 315 g/mol. The van der Waals surface area contributed by atoms with Gasteiger partial charge in [0.2, 0.25) is 0 Å². The lowest BCUT2D eigenvalue weighted by Gasteiger charge is -2.06. The van der Waals surface area contributed by atoms with E-state index in [9.17, 15) is 13.2 Å². The highest BCUT2D eigenvalue weighted by Crippen LogP contribution is 2.22. The van der Waals surface area contributed by atoms with Crippen molar-refractivity contribution in [2.24, 2.45) is 7.05 Å². The van der Waals surface area contributed by atoms with Crippen LogP contribution in [0.1, 0.15) is 16.2 Å². The summed E-state index contributed by atoms with van der Waals surface area (Å²) in [7, 11) is -2.15. The van der Waals surface area contributed by atoms with Gasteiger partial charge in [-0.15, -0.1) is 0 Å². The van der Waals surface area contributed by atoms with E-state index in [4.69, 9.17) is 16.7 Å². The number of nitrogens with zero attached hydrogens (tertiary/aromatic N) is 3. The van der Waals surface area contributed by atoms with Crippen molar-refractivity contribution in [1.29, 1.82) is 0 Å². The van der Waals surface area contributed by atoms with Crippen LogP contribution in [-0.4, -0.2) is 34.3 Å². The lowest BCUT2D eigenvalue weighted by Crippen LogP contribution is -2.11. The molecule has 0 spiro atoms. The van der Waals surface area contributed by atoms with Crippen LogP contribution in [0.25, 0.3) is 0 Å². The Bertz CT molecular complexity index is 770. The first-order chi connectivity index (χ1) is 9.31. The molecular formula is C11H10ClN3O4S.